The molecule has 6 nitrogen and oxygen atoms in total. The highest BCUT2D eigenvalue weighted by molar-refractivity contribution is 5.24. The summed E-state index contributed by atoms with van der Waals surface area (Å²) < 4.78 is 11.3. The maximum atomic E-state index is 6.13. The number of rotatable bonds is 6. The van der Waals surface area contributed by atoms with Gasteiger partial charge in [0.1, 0.15) is 0 Å². The number of aryl methyl sites for hydroxylation is 1. The van der Waals surface area contributed by atoms with Crippen molar-refractivity contribution >= 4 is 5.95 Å². The number of hydrogen-bond acceptors (Lipinski definition) is 6. The Hall–Kier alpha value is -1.92. The SMILES string of the molecule is Cc1cnc(NCC[C@H]2CCOC23CN(Cc2ccoc2)C3)nc1. The Kier molecular flexibility index (Phi) is 4.24. The highest BCUT2D eigenvalue weighted by Gasteiger charge is 2.52. The van der Waals surface area contributed by atoms with Crippen LogP contribution in [-0.2, 0) is 11.3 Å². The average Bonchev–Trinajstić information content (AvgIpc) is 3.19. The first-order valence-corrected chi connectivity index (χ1v) is 8.63. The molecule has 24 heavy (non-hydrogen) atoms. The van der Waals surface area contributed by atoms with Crippen molar-refractivity contribution in [1.82, 2.24) is 14.9 Å². The lowest BCUT2D eigenvalue weighted by Crippen LogP contribution is -2.64. The van der Waals surface area contributed by atoms with Gasteiger partial charge in [0.2, 0.25) is 5.95 Å². The third-order valence-corrected chi connectivity index (χ3v) is 5.13. The molecule has 0 radical (unpaired) electrons. The minimum atomic E-state index is 0.0551. The van der Waals surface area contributed by atoms with Gasteiger partial charge in [0, 0.05) is 50.7 Å². The van der Waals surface area contributed by atoms with Gasteiger partial charge in [-0.1, -0.05) is 0 Å². The number of hydrogen-bond donors (Lipinski definition) is 1. The Labute approximate surface area is 142 Å². The van der Waals surface area contributed by atoms with Crippen molar-refractivity contribution in [3.63, 3.8) is 0 Å². The third-order valence-electron chi connectivity index (χ3n) is 5.13. The minimum Gasteiger partial charge on any atom is -0.472 e. The van der Waals surface area contributed by atoms with E-state index in [1.54, 1.807) is 6.26 Å². The molecule has 0 aromatic carbocycles. The van der Waals surface area contributed by atoms with E-state index in [9.17, 15) is 0 Å². The van der Waals surface area contributed by atoms with Crippen LogP contribution in [0.1, 0.15) is 24.0 Å². The summed E-state index contributed by atoms with van der Waals surface area (Å²) in [7, 11) is 0. The van der Waals surface area contributed by atoms with Crippen molar-refractivity contribution in [2.24, 2.45) is 5.92 Å². The first-order chi connectivity index (χ1) is 11.7. The fourth-order valence-electron chi connectivity index (χ4n) is 3.85. The van der Waals surface area contributed by atoms with Gasteiger partial charge in [-0.25, -0.2) is 9.97 Å². The Morgan fingerprint density at radius 1 is 1.33 bits per heavy atom. The van der Waals surface area contributed by atoms with Crippen molar-refractivity contribution in [2.75, 3.05) is 31.6 Å². The zero-order valence-corrected chi connectivity index (χ0v) is 14.1. The molecule has 0 bridgehead atoms. The van der Waals surface area contributed by atoms with Crippen LogP contribution in [-0.4, -0.2) is 46.7 Å². The second kappa shape index (κ2) is 6.53. The monoisotopic (exact) mass is 328 g/mol. The summed E-state index contributed by atoms with van der Waals surface area (Å²) in [5, 5.41) is 3.33. The van der Waals surface area contributed by atoms with Crippen LogP contribution in [0.2, 0.25) is 0 Å². The topological polar surface area (TPSA) is 63.4 Å². The lowest BCUT2D eigenvalue weighted by atomic mass is 9.79. The van der Waals surface area contributed by atoms with Crippen molar-refractivity contribution in [1.29, 1.82) is 0 Å². The lowest BCUT2D eigenvalue weighted by Gasteiger charge is -2.50. The first-order valence-electron chi connectivity index (χ1n) is 8.63. The summed E-state index contributed by atoms with van der Waals surface area (Å²) >= 11 is 0. The van der Waals surface area contributed by atoms with Crippen LogP contribution in [0.4, 0.5) is 5.95 Å². The number of anilines is 1. The zero-order valence-electron chi connectivity index (χ0n) is 14.1. The van der Waals surface area contributed by atoms with Gasteiger partial charge in [-0.05, 0) is 37.3 Å². The van der Waals surface area contributed by atoms with E-state index in [1.165, 1.54) is 5.56 Å². The predicted molar refractivity (Wildman–Crippen MR) is 90.7 cm³/mol. The number of likely N-dealkylation sites (tertiary alicyclic amines) is 1. The molecule has 0 amide bonds. The Morgan fingerprint density at radius 2 is 2.17 bits per heavy atom. The van der Waals surface area contributed by atoms with E-state index < -0.39 is 0 Å². The zero-order chi connectivity index (χ0) is 16.4. The van der Waals surface area contributed by atoms with E-state index in [2.05, 4.69) is 20.2 Å². The summed E-state index contributed by atoms with van der Waals surface area (Å²) in [6.45, 7) is 6.75. The van der Waals surface area contributed by atoms with Gasteiger partial charge in [-0.2, -0.15) is 0 Å². The van der Waals surface area contributed by atoms with E-state index in [4.69, 9.17) is 9.15 Å². The largest absolute Gasteiger partial charge is 0.472 e. The summed E-state index contributed by atoms with van der Waals surface area (Å²) in [6, 6.07) is 2.03. The van der Waals surface area contributed by atoms with Gasteiger partial charge in [-0.15, -0.1) is 0 Å². The normalized spacial score (nSPS) is 22.6. The molecule has 0 unspecified atom stereocenters. The summed E-state index contributed by atoms with van der Waals surface area (Å²) in [5.41, 5.74) is 2.37. The number of nitrogens with zero attached hydrogens (tertiary/aromatic N) is 3. The minimum absolute atomic E-state index is 0.0551. The maximum Gasteiger partial charge on any atom is 0.222 e. The molecule has 2 aromatic heterocycles. The van der Waals surface area contributed by atoms with E-state index in [0.29, 0.717) is 11.9 Å². The molecule has 2 saturated heterocycles. The van der Waals surface area contributed by atoms with Crippen molar-refractivity contribution in [2.45, 2.75) is 31.9 Å². The molecule has 4 rings (SSSR count). The number of nitrogens with one attached hydrogen (secondary N) is 1. The van der Waals surface area contributed by atoms with E-state index in [1.807, 2.05) is 31.6 Å². The Bertz CT molecular complexity index is 650. The lowest BCUT2D eigenvalue weighted by molar-refractivity contribution is -0.136. The second-order valence-electron chi connectivity index (χ2n) is 6.98. The fourth-order valence-corrected chi connectivity index (χ4v) is 3.85. The maximum absolute atomic E-state index is 6.13. The number of furan rings is 1. The Morgan fingerprint density at radius 3 is 2.92 bits per heavy atom. The Balaban J connectivity index is 1.26. The molecule has 0 saturated carbocycles. The van der Waals surface area contributed by atoms with Gasteiger partial charge in [0.15, 0.2) is 0 Å². The van der Waals surface area contributed by atoms with Crippen LogP contribution in [0.15, 0.2) is 35.4 Å². The average molecular weight is 328 g/mol. The fraction of sp³-hybridized carbons (Fsp3) is 0.556. The van der Waals surface area contributed by atoms with E-state index >= 15 is 0 Å². The van der Waals surface area contributed by atoms with Crippen LogP contribution >= 0.6 is 0 Å². The van der Waals surface area contributed by atoms with E-state index in [0.717, 1.165) is 51.2 Å². The van der Waals surface area contributed by atoms with Gasteiger partial charge >= 0.3 is 0 Å². The molecular weight excluding hydrogens is 304 g/mol. The van der Waals surface area contributed by atoms with Crippen LogP contribution in [0.3, 0.4) is 0 Å². The molecule has 0 aliphatic carbocycles. The highest BCUT2D eigenvalue weighted by atomic mass is 16.5. The molecule has 1 spiro atoms. The van der Waals surface area contributed by atoms with Crippen molar-refractivity contribution in [3.8, 4) is 0 Å². The van der Waals surface area contributed by atoms with Crippen molar-refractivity contribution < 1.29 is 9.15 Å². The van der Waals surface area contributed by atoms with Gasteiger partial charge in [-0.3, -0.25) is 4.90 Å². The second-order valence-corrected chi connectivity index (χ2v) is 6.98. The van der Waals surface area contributed by atoms with Crippen LogP contribution in [0.25, 0.3) is 0 Å². The summed E-state index contributed by atoms with van der Waals surface area (Å²) in [5.74, 6) is 1.32. The quantitative estimate of drug-likeness (QED) is 0.879. The molecule has 1 N–H and O–H groups in total. The first kappa shape index (κ1) is 15.6. The molecule has 4 heterocycles. The van der Waals surface area contributed by atoms with Crippen LogP contribution < -0.4 is 5.32 Å². The van der Waals surface area contributed by atoms with Gasteiger partial charge in [0.25, 0.3) is 0 Å². The molecule has 1 atom stereocenters. The van der Waals surface area contributed by atoms with E-state index in [-0.39, 0.29) is 5.60 Å². The highest BCUT2D eigenvalue weighted by Crippen LogP contribution is 2.42. The van der Waals surface area contributed by atoms with Crippen LogP contribution in [0, 0.1) is 12.8 Å². The summed E-state index contributed by atoms with van der Waals surface area (Å²) in [4.78, 5) is 11.0. The third kappa shape index (κ3) is 3.16. The van der Waals surface area contributed by atoms with Gasteiger partial charge in [0.05, 0.1) is 18.1 Å². The summed E-state index contributed by atoms with van der Waals surface area (Å²) in [6.07, 6.45) is 9.49. The molecule has 2 fully saturated rings. The smallest absolute Gasteiger partial charge is 0.222 e. The number of aromatic nitrogens is 2. The number of ether oxygens (including phenoxy) is 1. The van der Waals surface area contributed by atoms with Gasteiger partial charge < -0.3 is 14.5 Å². The molecule has 2 aliphatic rings. The molecule has 6 heteroatoms. The predicted octanol–water partition coefficient (Wildman–Crippen LogP) is 2.47. The standard InChI is InChI=1S/C18H24N4O2/c1-14-8-20-17(21-9-14)19-5-2-16-4-7-24-18(16)12-22(13-18)10-15-3-6-23-11-15/h3,6,8-9,11,16H,2,4-5,7,10,12-13H2,1H3,(H,19,20,21)/t16-/m0/s1. The molecule has 2 aromatic rings. The van der Waals surface area contributed by atoms with Crippen LogP contribution in [0.5, 0.6) is 0 Å². The molecule has 2 aliphatic heterocycles. The molecular formula is C18H24N4O2. The van der Waals surface area contributed by atoms with Crippen molar-refractivity contribution in [3.05, 3.63) is 42.1 Å². The molecule has 128 valence electrons.